The molecule has 1 aliphatic rings. The quantitative estimate of drug-likeness (QED) is 0.598. The summed E-state index contributed by atoms with van der Waals surface area (Å²) >= 11 is 0. The van der Waals surface area contributed by atoms with Crippen LogP contribution in [0.1, 0.15) is 31.7 Å². The van der Waals surface area contributed by atoms with Gasteiger partial charge in [-0.15, -0.1) is 0 Å². The van der Waals surface area contributed by atoms with E-state index in [1.54, 1.807) is 0 Å². The van der Waals surface area contributed by atoms with E-state index in [4.69, 9.17) is 4.11 Å². The van der Waals surface area contributed by atoms with Crippen molar-refractivity contribution in [1.82, 2.24) is 4.57 Å². The van der Waals surface area contributed by atoms with Crippen LogP contribution in [0, 0.1) is 5.92 Å². The van der Waals surface area contributed by atoms with Crippen LogP contribution >= 0.6 is 0 Å². The molecule has 1 rings (SSSR count). The van der Waals surface area contributed by atoms with Crippen molar-refractivity contribution in [2.24, 2.45) is 5.92 Å². The molecule has 5 heteroatoms. The molecule has 1 saturated heterocycles. The number of rotatable bonds is 2. The first-order valence-corrected chi connectivity index (χ1v) is 8.23. The maximum atomic E-state index is 12.2. The Morgan fingerprint density at radius 1 is 1.50 bits per heavy atom. The molecule has 16 heavy (non-hydrogen) atoms. The monoisotopic (exact) mass is 246 g/mol. The molecule has 4 nitrogen and oxygen atoms in total. The minimum atomic E-state index is -2.56. The molecule has 2 atom stereocenters. The van der Waals surface area contributed by atoms with E-state index in [9.17, 15) is 14.7 Å². The Bertz CT molecular complexity index is 414. The zero-order chi connectivity index (χ0) is 15.4. The summed E-state index contributed by atoms with van der Waals surface area (Å²) in [7, 11) is -2.38. The second-order valence-corrected chi connectivity index (χ2v) is 10.9. The van der Waals surface area contributed by atoms with Gasteiger partial charge in [0.15, 0.2) is 8.24 Å². The molecule has 92 valence electrons. The molecule has 0 aliphatic carbocycles. The Morgan fingerprint density at radius 2 is 2.00 bits per heavy atom. The van der Waals surface area contributed by atoms with Gasteiger partial charge in [-0.25, -0.2) is 4.79 Å². The number of carboxylic acid groups (broad SMARTS) is 1. The standard InChI is InChI=1S/C11H21NO3Si/c1-7-8(10(14)15)12(9(7)13)16(5,6)11(2,3)4/h7-8H,1-6H3,(H,14,15)/t7-,8+/m1/s1/i1D3. The summed E-state index contributed by atoms with van der Waals surface area (Å²) in [6.07, 6.45) is 0. The summed E-state index contributed by atoms with van der Waals surface area (Å²) in [5.74, 6) is -3.18. The molecule has 0 saturated carbocycles. The molecule has 0 radical (unpaired) electrons. The van der Waals surface area contributed by atoms with Crippen LogP contribution in [0.2, 0.25) is 18.1 Å². The van der Waals surface area contributed by atoms with Crippen molar-refractivity contribution in [3.63, 3.8) is 0 Å². The highest BCUT2D eigenvalue weighted by molar-refractivity contribution is 6.80. The van der Waals surface area contributed by atoms with Crippen LogP contribution in [-0.4, -0.2) is 35.8 Å². The van der Waals surface area contributed by atoms with Crippen LogP contribution in [0.25, 0.3) is 0 Å². The summed E-state index contributed by atoms with van der Waals surface area (Å²) in [4.78, 5) is 23.5. The first-order chi connectivity index (χ1) is 8.23. The minimum Gasteiger partial charge on any atom is -0.480 e. The topological polar surface area (TPSA) is 57.6 Å². The van der Waals surface area contributed by atoms with Gasteiger partial charge in [0.25, 0.3) is 0 Å². The van der Waals surface area contributed by atoms with Gasteiger partial charge in [-0.1, -0.05) is 40.7 Å². The van der Waals surface area contributed by atoms with Gasteiger partial charge in [0, 0.05) is 4.11 Å². The van der Waals surface area contributed by atoms with E-state index >= 15 is 0 Å². The molecule has 1 N–H and O–H groups in total. The summed E-state index contributed by atoms with van der Waals surface area (Å²) in [6, 6.07) is -1.22. The minimum absolute atomic E-state index is 0.226. The molecule has 0 aromatic heterocycles. The van der Waals surface area contributed by atoms with E-state index in [0.29, 0.717) is 0 Å². The van der Waals surface area contributed by atoms with Crippen molar-refractivity contribution in [1.29, 1.82) is 0 Å². The first-order valence-electron chi connectivity index (χ1n) is 6.79. The molecular formula is C11H21NO3Si. The molecule has 1 amide bonds. The number of carbonyl (C=O) groups excluding carboxylic acids is 1. The smallest absolute Gasteiger partial charge is 0.326 e. The third-order valence-corrected chi connectivity index (χ3v) is 9.16. The zero-order valence-corrected chi connectivity index (χ0v) is 11.4. The van der Waals surface area contributed by atoms with Gasteiger partial charge in [-0.2, -0.15) is 0 Å². The predicted octanol–water partition coefficient (Wildman–Crippen LogP) is 1.92. The number of nitrogens with zero attached hydrogens (tertiary/aromatic N) is 1. The van der Waals surface area contributed by atoms with E-state index in [2.05, 4.69) is 0 Å². The van der Waals surface area contributed by atoms with Gasteiger partial charge >= 0.3 is 5.97 Å². The molecule has 0 unspecified atom stereocenters. The highest BCUT2D eigenvalue weighted by Crippen LogP contribution is 2.44. The SMILES string of the molecule is [2H]C([2H])([2H])[C@H]1C(=O)N([Si](C)(C)C(C)(C)C)[C@@H]1C(=O)O. The number of hydrogen-bond donors (Lipinski definition) is 1. The molecule has 0 spiro atoms. The lowest BCUT2D eigenvalue weighted by Crippen LogP contribution is -2.74. The van der Waals surface area contributed by atoms with Crippen molar-refractivity contribution in [2.45, 2.75) is 51.8 Å². The summed E-state index contributed by atoms with van der Waals surface area (Å²) < 4.78 is 23.3. The summed E-state index contributed by atoms with van der Waals surface area (Å²) in [5.41, 5.74) is 0. The number of carboxylic acids is 1. The van der Waals surface area contributed by atoms with Crippen LogP contribution < -0.4 is 0 Å². The first kappa shape index (κ1) is 9.21. The van der Waals surface area contributed by atoms with Crippen LogP contribution in [0.15, 0.2) is 0 Å². The van der Waals surface area contributed by atoms with Gasteiger partial charge in [0.05, 0.1) is 5.92 Å². The van der Waals surface area contributed by atoms with Gasteiger partial charge in [-0.3, -0.25) is 4.79 Å². The maximum Gasteiger partial charge on any atom is 0.326 e. The number of amides is 1. The van der Waals surface area contributed by atoms with Crippen molar-refractivity contribution < 1.29 is 18.8 Å². The van der Waals surface area contributed by atoms with Crippen molar-refractivity contribution >= 4 is 20.1 Å². The molecule has 1 fully saturated rings. The molecular weight excluding hydrogens is 222 g/mol. The zero-order valence-electron chi connectivity index (χ0n) is 13.4. The van der Waals surface area contributed by atoms with Crippen molar-refractivity contribution in [3.05, 3.63) is 0 Å². The second-order valence-electron chi connectivity index (χ2n) is 5.78. The molecule has 1 aliphatic heterocycles. The normalized spacial score (nSPS) is 30.2. The Hall–Kier alpha value is -0.843. The highest BCUT2D eigenvalue weighted by Gasteiger charge is 2.58. The van der Waals surface area contributed by atoms with Crippen LogP contribution in [-0.2, 0) is 9.59 Å². The number of aliphatic carboxylic acids is 1. The third kappa shape index (κ3) is 1.67. The lowest BCUT2D eigenvalue weighted by atomic mass is 9.93. The fourth-order valence-corrected chi connectivity index (χ4v) is 4.09. The predicted molar refractivity (Wildman–Crippen MR) is 64.6 cm³/mol. The van der Waals surface area contributed by atoms with Gasteiger partial charge < -0.3 is 9.67 Å². The lowest BCUT2D eigenvalue weighted by molar-refractivity contribution is -0.162. The highest BCUT2D eigenvalue weighted by atomic mass is 28.3. The molecule has 0 bridgehead atoms. The van der Waals surface area contributed by atoms with E-state index in [1.165, 1.54) is 4.57 Å². The van der Waals surface area contributed by atoms with Crippen LogP contribution in [0.4, 0.5) is 0 Å². The van der Waals surface area contributed by atoms with Gasteiger partial charge in [0.2, 0.25) is 5.91 Å². The average Bonchev–Trinajstić information content (AvgIpc) is 2.08. The maximum absolute atomic E-state index is 12.2. The molecule has 0 aromatic rings. The van der Waals surface area contributed by atoms with Gasteiger partial charge in [0.1, 0.15) is 6.04 Å². The lowest BCUT2D eigenvalue weighted by Gasteiger charge is -2.56. The Morgan fingerprint density at radius 3 is 2.31 bits per heavy atom. The van der Waals surface area contributed by atoms with Crippen LogP contribution in [0.5, 0.6) is 0 Å². The third-order valence-electron chi connectivity index (χ3n) is 3.79. The Balaban J connectivity index is 3.19. The number of hydrogen-bond acceptors (Lipinski definition) is 2. The fourth-order valence-electron chi connectivity index (χ4n) is 1.73. The number of β-lactam (4-membered cyclic amide) rings is 1. The van der Waals surface area contributed by atoms with Crippen molar-refractivity contribution in [3.8, 4) is 0 Å². The average molecular weight is 246 g/mol. The van der Waals surface area contributed by atoms with E-state index < -0.39 is 38.9 Å². The largest absolute Gasteiger partial charge is 0.480 e. The van der Waals surface area contributed by atoms with E-state index in [0.717, 1.165) is 0 Å². The summed E-state index contributed by atoms with van der Waals surface area (Å²) in [6.45, 7) is 7.10. The Kier molecular flexibility index (Phi) is 2.06. The van der Waals surface area contributed by atoms with E-state index in [-0.39, 0.29) is 5.04 Å². The molecule has 1 heterocycles. The Labute approximate surface area is 102 Å². The van der Waals surface area contributed by atoms with Crippen molar-refractivity contribution in [2.75, 3.05) is 0 Å². The van der Waals surface area contributed by atoms with Crippen LogP contribution in [0.3, 0.4) is 0 Å². The fraction of sp³-hybridized carbons (Fsp3) is 0.818. The molecule has 0 aromatic carbocycles. The van der Waals surface area contributed by atoms with Gasteiger partial charge in [-0.05, 0) is 5.04 Å². The summed E-state index contributed by atoms with van der Waals surface area (Å²) in [5, 5.41) is 9.04. The van der Waals surface area contributed by atoms with E-state index in [1.807, 2.05) is 33.9 Å². The second kappa shape index (κ2) is 3.58. The number of carbonyl (C=O) groups is 2.